The van der Waals surface area contributed by atoms with E-state index < -0.39 is 0 Å². The van der Waals surface area contributed by atoms with Crippen LogP contribution < -0.4 is 0 Å². The first-order valence-electron chi connectivity index (χ1n) is 3.22. The Labute approximate surface area is 59.3 Å². The van der Waals surface area contributed by atoms with Gasteiger partial charge in [-0.05, 0) is 18.2 Å². The summed E-state index contributed by atoms with van der Waals surface area (Å²) in [5.74, 6) is 0. The lowest BCUT2D eigenvalue weighted by Crippen LogP contribution is -1.86. The highest BCUT2D eigenvalue weighted by Crippen LogP contribution is 2.18. The molecule has 1 aliphatic heterocycles. The molecule has 1 unspecified atom stereocenters. The van der Waals surface area contributed by atoms with Crippen molar-refractivity contribution in [3.8, 4) is 0 Å². The van der Waals surface area contributed by atoms with E-state index in [1.54, 1.807) is 0 Å². The number of aliphatic imine (C=N–C) groups is 1. The van der Waals surface area contributed by atoms with E-state index in [0.717, 1.165) is 5.69 Å². The van der Waals surface area contributed by atoms with Gasteiger partial charge in [-0.3, -0.25) is 4.99 Å². The number of H-pyrrole nitrogens is 1. The first kappa shape index (κ1) is 5.47. The molecule has 0 fully saturated rings. The van der Waals surface area contributed by atoms with Crippen LogP contribution in [0.1, 0.15) is 11.7 Å². The van der Waals surface area contributed by atoms with Crippen molar-refractivity contribution in [2.75, 3.05) is 0 Å². The van der Waals surface area contributed by atoms with Crippen molar-refractivity contribution >= 4 is 6.21 Å². The van der Waals surface area contributed by atoms with E-state index in [0.29, 0.717) is 0 Å². The standard InChI is InChI=1S/C8H7N2/c1-3-7(9-5-1)8-4-2-6-10-8/h1-5,7,10H. The Bertz CT molecular complexity index is 245. The Balaban J connectivity index is 2.29. The van der Waals surface area contributed by atoms with Crippen LogP contribution in [0.15, 0.2) is 29.3 Å². The van der Waals surface area contributed by atoms with Gasteiger partial charge in [0.2, 0.25) is 0 Å². The normalized spacial score (nSPS) is 22.2. The number of nitrogens with one attached hydrogen (secondary N) is 1. The van der Waals surface area contributed by atoms with Crippen LogP contribution in [0.25, 0.3) is 0 Å². The van der Waals surface area contributed by atoms with Crippen molar-refractivity contribution in [1.82, 2.24) is 4.98 Å². The minimum Gasteiger partial charge on any atom is -0.355 e. The largest absolute Gasteiger partial charge is 0.355 e. The SMILES string of the molecule is [c]1ccc(C2C=CC=N2)[nH]1. The lowest BCUT2D eigenvalue weighted by molar-refractivity contribution is 0.894. The highest BCUT2D eigenvalue weighted by Gasteiger charge is 2.06. The molecule has 2 heterocycles. The van der Waals surface area contributed by atoms with Gasteiger partial charge in [0, 0.05) is 11.9 Å². The second kappa shape index (κ2) is 2.14. The van der Waals surface area contributed by atoms with Crippen molar-refractivity contribution in [3.05, 3.63) is 36.2 Å². The minimum absolute atomic E-state index is 0.200. The lowest BCUT2D eigenvalue weighted by atomic mass is 10.2. The molecule has 0 bridgehead atoms. The minimum atomic E-state index is 0.200. The molecule has 2 rings (SSSR count). The van der Waals surface area contributed by atoms with E-state index in [4.69, 9.17) is 0 Å². The number of hydrogen-bond donors (Lipinski definition) is 1. The van der Waals surface area contributed by atoms with Crippen LogP contribution in [0, 0.1) is 6.20 Å². The van der Waals surface area contributed by atoms with Crippen LogP contribution in [0.4, 0.5) is 0 Å². The summed E-state index contributed by atoms with van der Waals surface area (Å²) in [4.78, 5) is 7.18. The quantitative estimate of drug-likeness (QED) is 0.598. The summed E-state index contributed by atoms with van der Waals surface area (Å²) in [6.07, 6.45) is 8.68. The summed E-state index contributed by atoms with van der Waals surface area (Å²) in [5.41, 5.74) is 1.10. The number of aromatic amines is 1. The maximum atomic E-state index is 4.19. The summed E-state index contributed by atoms with van der Waals surface area (Å²) in [7, 11) is 0. The van der Waals surface area contributed by atoms with E-state index in [2.05, 4.69) is 16.2 Å². The molecule has 0 saturated heterocycles. The van der Waals surface area contributed by atoms with E-state index >= 15 is 0 Å². The van der Waals surface area contributed by atoms with Crippen molar-refractivity contribution in [1.29, 1.82) is 0 Å². The Morgan fingerprint density at radius 2 is 2.60 bits per heavy atom. The zero-order valence-electron chi connectivity index (χ0n) is 5.41. The topological polar surface area (TPSA) is 28.1 Å². The second-order valence-electron chi connectivity index (χ2n) is 2.19. The van der Waals surface area contributed by atoms with Gasteiger partial charge >= 0.3 is 0 Å². The third kappa shape index (κ3) is 0.778. The molecule has 0 saturated carbocycles. The molecule has 10 heavy (non-hydrogen) atoms. The molecular formula is C8H7N2. The molecule has 1 N–H and O–H groups in total. The van der Waals surface area contributed by atoms with Crippen LogP contribution in [-0.4, -0.2) is 11.2 Å². The lowest BCUT2D eigenvalue weighted by Gasteiger charge is -1.98. The zero-order chi connectivity index (χ0) is 6.81. The van der Waals surface area contributed by atoms with Crippen molar-refractivity contribution in [3.63, 3.8) is 0 Å². The molecule has 2 nitrogen and oxygen atoms in total. The summed E-state index contributed by atoms with van der Waals surface area (Å²) in [6.45, 7) is 0. The molecule has 1 atom stereocenters. The Kier molecular flexibility index (Phi) is 1.17. The Morgan fingerprint density at radius 1 is 1.60 bits per heavy atom. The fourth-order valence-electron chi connectivity index (χ4n) is 1.00. The van der Waals surface area contributed by atoms with Gasteiger partial charge in [0.15, 0.2) is 0 Å². The van der Waals surface area contributed by atoms with Gasteiger partial charge in [-0.1, -0.05) is 6.08 Å². The van der Waals surface area contributed by atoms with Gasteiger partial charge < -0.3 is 4.98 Å². The number of hydrogen-bond acceptors (Lipinski definition) is 1. The third-order valence-corrected chi connectivity index (χ3v) is 1.51. The number of rotatable bonds is 1. The molecule has 0 spiro atoms. The van der Waals surface area contributed by atoms with Crippen LogP contribution in [-0.2, 0) is 0 Å². The molecule has 0 amide bonds. The number of nitrogens with zero attached hydrogens (tertiary/aromatic N) is 1. The molecule has 49 valence electrons. The Morgan fingerprint density at radius 3 is 3.20 bits per heavy atom. The maximum absolute atomic E-state index is 4.19. The third-order valence-electron chi connectivity index (χ3n) is 1.51. The predicted octanol–water partition coefficient (Wildman–Crippen LogP) is 1.50. The average molecular weight is 131 g/mol. The van der Waals surface area contributed by atoms with Crippen LogP contribution in [0.5, 0.6) is 0 Å². The van der Waals surface area contributed by atoms with Crippen LogP contribution >= 0.6 is 0 Å². The van der Waals surface area contributed by atoms with E-state index in [-0.39, 0.29) is 6.04 Å². The maximum Gasteiger partial charge on any atom is 0.108 e. The predicted molar refractivity (Wildman–Crippen MR) is 40.0 cm³/mol. The first-order valence-corrected chi connectivity index (χ1v) is 3.22. The molecule has 0 aliphatic carbocycles. The van der Waals surface area contributed by atoms with Gasteiger partial charge in [0.05, 0.1) is 6.20 Å². The van der Waals surface area contributed by atoms with Gasteiger partial charge in [-0.2, -0.15) is 0 Å². The summed E-state index contributed by atoms with van der Waals surface area (Å²) >= 11 is 0. The van der Waals surface area contributed by atoms with E-state index in [9.17, 15) is 0 Å². The molecule has 0 aromatic carbocycles. The number of aromatic nitrogens is 1. The molecule has 1 aromatic heterocycles. The second-order valence-corrected chi connectivity index (χ2v) is 2.19. The monoisotopic (exact) mass is 131 g/mol. The fraction of sp³-hybridized carbons (Fsp3) is 0.125. The van der Waals surface area contributed by atoms with Crippen molar-refractivity contribution in [2.24, 2.45) is 4.99 Å². The molecule has 1 aromatic rings. The van der Waals surface area contributed by atoms with Crippen molar-refractivity contribution in [2.45, 2.75) is 6.04 Å². The van der Waals surface area contributed by atoms with Gasteiger partial charge in [0.25, 0.3) is 0 Å². The van der Waals surface area contributed by atoms with Crippen molar-refractivity contribution < 1.29 is 0 Å². The highest BCUT2D eigenvalue weighted by molar-refractivity contribution is 5.74. The average Bonchev–Trinajstić information content (AvgIpc) is 2.59. The molecule has 2 heteroatoms. The highest BCUT2D eigenvalue weighted by atomic mass is 14.8. The van der Waals surface area contributed by atoms with E-state index in [1.807, 2.05) is 30.5 Å². The van der Waals surface area contributed by atoms with Gasteiger partial charge in [-0.15, -0.1) is 0 Å². The van der Waals surface area contributed by atoms with Crippen LogP contribution in [0.2, 0.25) is 0 Å². The summed E-state index contributed by atoms with van der Waals surface area (Å²) in [6, 6.07) is 4.04. The Hall–Kier alpha value is -1.31. The van der Waals surface area contributed by atoms with Gasteiger partial charge in [-0.25, -0.2) is 0 Å². The van der Waals surface area contributed by atoms with E-state index in [1.165, 1.54) is 0 Å². The summed E-state index contributed by atoms with van der Waals surface area (Å²) in [5, 5.41) is 0. The number of allylic oxidation sites excluding steroid dienone is 1. The zero-order valence-corrected chi connectivity index (χ0v) is 5.41. The first-order chi connectivity index (χ1) is 4.97. The van der Waals surface area contributed by atoms with Crippen LogP contribution in [0.3, 0.4) is 0 Å². The molecule has 1 radical (unpaired) electrons. The molecular weight excluding hydrogens is 124 g/mol. The fourth-order valence-corrected chi connectivity index (χ4v) is 1.00. The molecule has 1 aliphatic rings. The smallest absolute Gasteiger partial charge is 0.108 e. The summed E-state index contributed by atoms with van der Waals surface area (Å²) < 4.78 is 0. The van der Waals surface area contributed by atoms with Gasteiger partial charge in [0.1, 0.15) is 6.04 Å².